The van der Waals surface area contributed by atoms with Gasteiger partial charge in [-0.05, 0) is 32.0 Å². The molecule has 2 aromatic rings. The van der Waals surface area contributed by atoms with Gasteiger partial charge < -0.3 is 9.25 Å². The molecule has 0 aliphatic rings. The number of carbonyl (C=O) groups is 1. The first-order valence-corrected chi connectivity index (χ1v) is 5.74. The Balaban J connectivity index is 2.54. The van der Waals surface area contributed by atoms with E-state index in [-0.39, 0.29) is 5.56 Å². The SMILES string of the molecule is CC(=O)O/N=C(\C)c1cc2cc(C)ccc2oc1=O. The Kier molecular flexibility index (Phi) is 3.46. The Hall–Kier alpha value is -2.43. The Bertz CT molecular complexity index is 728. The van der Waals surface area contributed by atoms with Gasteiger partial charge in [-0.2, -0.15) is 0 Å². The van der Waals surface area contributed by atoms with Crippen LogP contribution in [0.1, 0.15) is 25.0 Å². The van der Waals surface area contributed by atoms with Gasteiger partial charge in [-0.3, -0.25) is 0 Å². The van der Waals surface area contributed by atoms with E-state index in [4.69, 9.17) is 4.42 Å². The van der Waals surface area contributed by atoms with Crippen LogP contribution in [-0.2, 0) is 9.63 Å². The van der Waals surface area contributed by atoms with Crippen molar-refractivity contribution >= 4 is 22.7 Å². The van der Waals surface area contributed by atoms with Crippen LogP contribution in [0.3, 0.4) is 0 Å². The second-order valence-electron chi connectivity index (χ2n) is 4.25. The molecule has 0 saturated carbocycles. The molecule has 5 nitrogen and oxygen atoms in total. The van der Waals surface area contributed by atoms with Crippen molar-refractivity contribution in [2.75, 3.05) is 0 Å². The van der Waals surface area contributed by atoms with Crippen LogP contribution in [-0.4, -0.2) is 11.7 Å². The molecule has 2 rings (SSSR count). The second kappa shape index (κ2) is 5.06. The number of aryl methyl sites for hydroxylation is 1. The number of carbonyl (C=O) groups excluding carboxylic acids is 1. The summed E-state index contributed by atoms with van der Waals surface area (Å²) in [5, 5.41) is 4.39. The number of benzene rings is 1. The first kappa shape index (κ1) is 13.0. The van der Waals surface area contributed by atoms with Crippen LogP contribution >= 0.6 is 0 Å². The van der Waals surface area contributed by atoms with Gasteiger partial charge >= 0.3 is 11.6 Å². The standard InChI is InChI=1S/C14H13NO4/c1-8-4-5-13-11(6-8)7-12(14(17)18-13)9(2)15-19-10(3)16/h4-7H,1-3H3/b15-9+. The summed E-state index contributed by atoms with van der Waals surface area (Å²) in [6.45, 7) is 4.77. The van der Waals surface area contributed by atoms with Crippen LogP contribution in [0.5, 0.6) is 0 Å². The summed E-state index contributed by atoms with van der Waals surface area (Å²) in [6, 6.07) is 7.19. The van der Waals surface area contributed by atoms with Crippen LogP contribution in [0.15, 0.2) is 38.6 Å². The number of fused-ring (bicyclic) bond motifs is 1. The lowest BCUT2D eigenvalue weighted by atomic mass is 10.1. The van der Waals surface area contributed by atoms with E-state index < -0.39 is 11.6 Å². The van der Waals surface area contributed by atoms with Crippen molar-refractivity contribution in [3.05, 3.63) is 45.8 Å². The lowest BCUT2D eigenvalue weighted by Crippen LogP contribution is -2.13. The molecule has 0 saturated heterocycles. The van der Waals surface area contributed by atoms with Crippen molar-refractivity contribution in [2.24, 2.45) is 5.16 Å². The number of rotatable bonds is 2. The highest BCUT2D eigenvalue weighted by Gasteiger charge is 2.09. The summed E-state index contributed by atoms with van der Waals surface area (Å²) >= 11 is 0. The highest BCUT2D eigenvalue weighted by Crippen LogP contribution is 2.15. The van der Waals surface area contributed by atoms with Crippen molar-refractivity contribution in [2.45, 2.75) is 20.8 Å². The Morgan fingerprint density at radius 2 is 2.00 bits per heavy atom. The third-order valence-electron chi connectivity index (χ3n) is 2.59. The summed E-state index contributed by atoms with van der Waals surface area (Å²) in [5.41, 5.74) is 1.64. The third kappa shape index (κ3) is 2.88. The van der Waals surface area contributed by atoms with Crippen molar-refractivity contribution in [1.82, 2.24) is 0 Å². The second-order valence-corrected chi connectivity index (χ2v) is 4.25. The predicted octanol–water partition coefficient (Wildman–Crippen LogP) is 2.39. The number of nitrogens with zero attached hydrogens (tertiary/aromatic N) is 1. The zero-order chi connectivity index (χ0) is 14.0. The predicted molar refractivity (Wildman–Crippen MR) is 71.2 cm³/mol. The van der Waals surface area contributed by atoms with Crippen LogP contribution in [0, 0.1) is 6.92 Å². The maximum absolute atomic E-state index is 11.8. The maximum Gasteiger partial charge on any atom is 0.345 e. The molecule has 0 atom stereocenters. The van der Waals surface area contributed by atoms with Crippen molar-refractivity contribution in [1.29, 1.82) is 0 Å². The monoisotopic (exact) mass is 259 g/mol. The topological polar surface area (TPSA) is 68.9 Å². The summed E-state index contributed by atoms with van der Waals surface area (Å²) in [6.07, 6.45) is 0. The molecular formula is C14H13NO4. The zero-order valence-corrected chi connectivity index (χ0v) is 10.9. The average Bonchev–Trinajstić information content (AvgIpc) is 2.35. The number of oxime groups is 1. The number of hydrogen-bond acceptors (Lipinski definition) is 5. The Morgan fingerprint density at radius 1 is 1.26 bits per heavy atom. The van der Waals surface area contributed by atoms with E-state index in [0.717, 1.165) is 10.9 Å². The van der Waals surface area contributed by atoms with Gasteiger partial charge in [-0.1, -0.05) is 16.8 Å². The van der Waals surface area contributed by atoms with Gasteiger partial charge in [-0.25, -0.2) is 9.59 Å². The van der Waals surface area contributed by atoms with E-state index in [1.807, 2.05) is 19.1 Å². The lowest BCUT2D eigenvalue weighted by molar-refractivity contribution is -0.140. The molecular weight excluding hydrogens is 246 g/mol. The molecule has 19 heavy (non-hydrogen) atoms. The fourth-order valence-electron chi connectivity index (χ4n) is 1.68. The average molecular weight is 259 g/mol. The Morgan fingerprint density at radius 3 is 2.68 bits per heavy atom. The molecule has 0 fully saturated rings. The Labute approximate surface area is 109 Å². The van der Waals surface area contributed by atoms with Gasteiger partial charge in [0, 0.05) is 12.3 Å². The fourth-order valence-corrected chi connectivity index (χ4v) is 1.68. The minimum Gasteiger partial charge on any atom is -0.422 e. The summed E-state index contributed by atoms with van der Waals surface area (Å²) in [5.74, 6) is -0.541. The van der Waals surface area contributed by atoms with E-state index in [1.54, 1.807) is 19.1 Å². The van der Waals surface area contributed by atoms with Gasteiger partial charge in [-0.15, -0.1) is 0 Å². The van der Waals surface area contributed by atoms with Crippen molar-refractivity contribution in [3.63, 3.8) is 0 Å². The summed E-state index contributed by atoms with van der Waals surface area (Å²) in [4.78, 5) is 27.0. The minimum absolute atomic E-state index is 0.277. The molecule has 0 unspecified atom stereocenters. The van der Waals surface area contributed by atoms with Gasteiger partial charge in [0.2, 0.25) is 0 Å². The van der Waals surface area contributed by atoms with Crippen LogP contribution in [0.2, 0.25) is 0 Å². The van der Waals surface area contributed by atoms with Crippen LogP contribution in [0.4, 0.5) is 0 Å². The van der Waals surface area contributed by atoms with E-state index in [1.165, 1.54) is 6.92 Å². The number of hydrogen-bond donors (Lipinski definition) is 0. The quantitative estimate of drug-likeness (QED) is 0.359. The van der Waals surface area contributed by atoms with Crippen molar-refractivity contribution < 1.29 is 14.0 Å². The molecule has 98 valence electrons. The smallest absolute Gasteiger partial charge is 0.345 e. The molecule has 0 aliphatic carbocycles. The molecule has 1 aromatic heterocycles. The fraction of sp³-hybridized carbons (Fsp3) is 0.214. The minimum atomic E-state index is -0.541. The normalized spacial score (nSPS) is 11.6. The largest absolute Gasteiger partial charge is 0.422 e. The van der Waals surface area contributed by atoms with Gasteiger partial charge in [0.1, 0.15) is 5.58 Å². The van der Waals surface area contributed by atoms with E-state index in [9.17, 15) is 9.59 Å². The highest BCUT2D eigenvalue weighted by molar-refractivity contribution is 6.00. The van der Waals surface area contributed by atoms with Gasteiger partial charge in [0.25, 0.3) is 0 Å². The molecule has 0 amide bonds. The van der Waals surface area contributed by atoms with Crippen LogP contribution in [0.25, 0.3) is 11.0 Å². The molecule has 0 radical (unpaired) electrons. The van der Waals surface area contributed by atoms with E-state index >= 15 is 0 Å². The summed E-state index contributed by atoms with van der Waals surface area (Å²) in [7, 11) is 0. The first-order chi connectivity index (χ1) is 8.97. The van der Waals surface area contributed by atoms with E-state index in [0.29, 0.717) is 11.3 Å². The molecule has 0 aliphatic heterocycles. The van der Waals surface area contributed by atoms with Gasteiger partial charge in [0.05, 0.1) is 11.3 Å². The summed E-state index contributed by atoms with van der Waals surface area (Å²) < 4.78 is 5.20. The molecule has 0 spiro atoms. The van der Waals surface area contributed by atoms with E-state index in [2.05, 4.69) is 9.99 Å². The zero-order valence-electron chi connectivity index (χ0n) is 10.9. The van der Waals surface area contributed by atoms with Crippen molar-refractivity contribution in [3.8, 4) is 0 Å². The van der Waals surface area contributed by atoms with Crippen LogP contribution < -0.4 is 5.63 Å². The molecule has 1 aromatic carbocycles. The highest BCUT2D eigenvalue weighted by atomic mass is 16.7. The molecule has 5 heteroatoms. The molecule has 0 bridgehead atoms. The molecule has 0 N–H and O–H groups in total. The maximum atomic E-state index is 11.8. The third-order valence-corrected chi connectivity index (χ3v) is 2.59. The van der Waals surface area contributed by atoms with Gasteiger partial charge in [0.15, 0.2) is 0 Å². The first-order valence-electron chi connectivity index (χ1n) is 5.74. The lowest BCUT2D eigenvalue weighted by Gasteiger charge is -2.02. The molecule has 1 heterocycles.